The van der Waals surface area contributed by atoms with Crippen molar-refractivity contribution in [3.63, 3.8) is 0 Å². The van der Waals surface area contributed by atoms with Crippen LogP contribution in [-0.4, -0.2) is 43.7 Å². The Morgan fingerprint density at radius 3 is 2.40 bits per heavy atom. The smallest absolute Gasteiger partial charge is 0.395 e. The van der Waals surface area contributed by atoms with Crippen LogP contribution in [0.5, 0.6) is 0 Å². The molecule has 0 radical (unpaired) electrons. The van der Waals surface area contributed by atoms with E-state index in [9.17, 15) is 21.6 Å². The lowest BCUT2D eigenvalue weighted by Crippen LogP contribution is -2.40. The number of rotatable bonds is 6. The Bertz CT molecular complexity index is 548. The Kier molecular flexibility index (Phi) is 5.34. The van der Waals surface area contributed by atoms with Gasteiger partial charge in [0.15, 0.2) is 0 Å². The number of para-hydroxylation sites is 1. The van der Waals surface area contributed by atoms with Crippen LogP contribution < -0.4 is 11.3 Å². The highest BCUT2D eigenvalue weighted by Crippen LogP contribution is 2.26. The lowest BCUT2D eigenvalue weighted by molar-refractivity contribution is -0.136. The summed E-state index contributed by atoms with van der Waals surface area (Å²) in [6.07, 6.45) is -4.71. The van der Waals surface area contributed by atoms with Gasteiger partial charge in [-0.25, -0.2) is 8.42 Å². The Hall–Kier alpha value is -1.36. The highest BCUT2D eigenvalue weighted by atomic mass is 32.2. The molecule has 0 atom stereocenters. The van der Waals surface area contributed by atoms with Gasteiger partial charge in [-0.05, 0) is 12.1 Å². The van der Waals surface area contributed by atoms with Crippen molar-refractivity contribution in [3.8, 4) is 0 Å². The zero-order valence-electron chi connectivity index (χ0n) is 10.3. The molecule has 0 fully saturated rings. The quantitative estimate of drug-likeness (QED) is 0.525. The number of aliphatic hydroxyl groups is 1. The van der Waals surface area contributed by atoms with Crippen molar-refractivity contribution >= 4 is 15.7 Å². The third-order valence-corrected chi connectivity index (χ3v) is 4.27. The minimum Gasteiger partial charge on any atom is -0.395 e. The lowest BCUT2D eigenvalue weighted by Gasteiger charge is -2.23. The van der Waals surface area contributed by atoms with Crippen molar-refractivity contribution in [3.05, 3.63) is 24.3 Å². The molecule has 0 aliphatic carbocycles. The minimum absolute atomic E-state index is 0.0300. The van der Waals surface area contributed by atoms with Gasteiger partial charge in [0.2, 0.25) is 10.0 Å². The van der Waals surface area contributed by atoms with Gasteiger partial charge in [0.25, 0.3) is 0 Å². The molecule has 114 valence electrons. The van der Waals surface area contributed by atoms with E-state index in [0.717, 1.165) is 6.07 Å². The second kappa shape index (κ2) is 6.39. The maximum absolute atomic E-state index is 12.4. The largest absolute Gasteiger partial charge is 0.402 e. The summed E-state index contributed by atoms with van der Waals surface area (Å²) in [5, 5.41) is 8.76. The van der Waals surface area contributed by atoms with Crippen LogP contribution in [0.2, 0.25) is 0 Å². The molecule has 1 rings (SSSR count). The highest BCUT2D eigenvalue weighted by Gasteiger charge is 2.37. The van der Waals surface area contributed by atoms with Crippen molar-refractivity contribution in [1.82, 2.24) is 4.31 Å². The number of nitrogens with zero attached hydrogens (tertiary/aromatic N) is 1. The molecule has 20 heavy (non-hydrogen) atoms. The number of aliphatic hydroxyl groups excluding tert-OH is 1. The van der Waals surface area contributed by atoms with Crippen LogP contribution in [0, 0.1) is 0 Å². The zero-order chi connectivity index (χ0) is 15.4. The molecule has 0 aliphatic heterocycles. The SMILES string of the molecule is NNc1ccccc1S(=O)(=O)N(CCO)CC(F)(F)F. The molecule has 1 aromatic carbocycles. The van der Waals surface area contributed by atoms with Crippen LogP contribution in [0.4, 0.5) is 18.9 Å². The summed E-state index contributed by atoms with van der Waals surface area (Å²) in [5.41, 5.74) is 2.08. The Morgan fingerprint density at radius 2 is 1.90 bits per heavy atom. The van der Waals surface area contributed by atoms with Gasteiger partial charge < -0.3 is 10.5 Å². The van der Waals surface area contributed by atoms with E-state index in [4.69, 9.17) is 10.9 Å². The van der Waals surface area contributed by atoms with Crippen LogP contribution in [0.25, 0.3) is 0 Å². The molecular weight excluding hydrogens is 299 g/mol. The van der Waals surface area contributed by atoms with Gasteiger partial charge in [-0.1, -0.05) is 12.1 Å². The van der Waals surface area contributed by atoms with Crippen molar-refractivity contribution < 1.29 is 26.7 Å². The van der Waals surface area contributed by atoms with Gasteiger partial charge in [-0.3, -0.25) is 5.84 Å². The fourth-order valence-corrected chi connectivity index (χ4v) is 3.12. The molecule has 0 amide bonds. The molecule has 6 nitrogen and oxygen atoms in total. The molecule has 0 bridgehead atoms. The summed E-state index contributed by atoms with van der Waals surface area (Å²) >= 11 is 0. The number of halogens is 3. The Labute approximate surface area is 114 Å². The van der Waals surface area contributed by atoms with Gasteiger partial charge in [0, 0.05) is 6.54 Å². The normalized spacial score (nSPS) is 12.7. The number of hydrogen-bond donors (Lipinski definition) is 3. The number of benzene rings is 1. The topological polar surface area (TPSA) is 95.7 Å². The van der Waals surface area contributed by atoms with Gasteiger partial charge in [-0.2, -0.15) is 17.5 Å². The van der Waals surface area contributed by atoms with Crippen LogP contribution in [-0.2, 0) is 10.0 Å². The predicted octanol–water partition coefficient (Wildman–Crippen LogP) is 0.518. The van der Waals surface area contributed by atoms with E-state index in [0.29, 0.717) is 0 Å². The fourth-order valence-electron chi connectivity index (χ4n) is 1.55. The van der Waals surface area contributed by atoms with E-state index in [1.54, 1.807) is 0 Å². The average molecular weight is 313 g/mol. The van der Waals surface area contributed by atoms with E-state index < -0.39 is 35.9 Å². The van der Waals surface area contributed by atoms with E-state index in [1.807, 2.05) is 0 Å². The number of nitrogens with one attached hydrogen (secondary N) is 1. The van der Waals surface area contributed by atoms with Crippen molar-refractivity contribution in [2.24, 2.45) is 5.84 Å². The first kappa shape index (κ1) is 16.7. The molecule has 1 aromatic rings. The Morgan fingerprint density at radius 1 is 1.30 bits per heavy atom. The highest BCUT2D eigenvalue weighted by molar-refractivity contribution is 7.89. The molecule has 0 aliphatic rings. The molecule has 0 unspecified atom stereocenters. The molecular formula is C10H14F3N3O3S. The summed E-state index contributed by atoms with van der Waals surface area (Å²) in [6.45, 7) is -3.08. The molecule has 0 heterocycles. The Balaban J connectivity index is 3.22. The number of nitrogens with two attached hydrogens (primary N) is 1. The summed E-state index contributed by atoms with van der Waals surface area (Å²) in [6, 6.07) is 5.29. The monoisotopic (exact) mass is 313 g/mol. The van der Waals surface area contributed by atoms with Crippen LogP contribution in [0.3, 0.4) is 0 Å². The molecule has 0 spiro atoms. The van der Waals surface area contributed by atoms with Crippen molar-refractivity contribution in [2.75, 3.05) is 25.1 Å². The molecule has 4 N–H and O–H groups in total. The number of nitrogen functional groups attached to an aromatic ring is 1. The predicted molar refractivity (Wildman–Crippen MR) is 66.2 cm³/mol. The first-order valence-corrected chi connectivity index (χ1v) is 6.90. The number of alkyl halides is 3. The first-order chi connectivity index (χ1) is 9.22. The zero-order valence-corrected chi connectivity index (χ0v) is 11.1. The lowest BCUT2D eigenvalue weighted by atomic mass is 10.3. The summed E-state index contributed by atoms with van der Waals surface area (Å²) in [5.74, 6) is 5.14. The maximum Gasteiger partial charge on any atom is 0.402 e. The van der Waals surface area contributed by atoms with Crippen molar-refractivity contribution in [2.45, 2.75) is 11.1 Å². The van der Waals surface area contributed by atoms with Gasteiger partial charge in [0.1, 0.15) is 11.4 Å². The third kappa shape index (κ3) is 4.07. The minimum atomic E-state index is -4.71. The van der Waals surface area contributed by atoms with Crippen LogP contribution in [0.1, 0.15) is 0 Å². The van der Waals surface area contributed by atoms with Gasteiger partial charge in [0.05, 0.1) is 12.3 Å². The number of hydrazine groups is 1. The molecule has 0 saturated carbocycles. The third-order valence-electron chi connectivity index (χ3n) is 2.37. The van der Waals surface area contributed by atoms with Crippen molar-refractivity contribution in [1.29, 1.82) is 0 Å². The van der Waals surface area contributed by atoms with E-state index >= 15 is 0 Å². The average Bonchev–Trinajstić information content (AvgIpc) is 2.36. The summed E-state index contributed by atoms with van der Waals surface area (Å²) in [4.78, 5) is -0.389. The second-order valence-electron chi connectivity index (χ2n) is 3.82. The van der Waals surface area contributed by atoms with Crippen LogP contribution >= 0.6 is 0 Å². The number of sulfonamides is 1. The standard InChI is InChI=1S/C10H14F3N3O3S/c11-10(12,13)7-16(5-6-17)20(18,19)9-4-2-1-3-8(9)15-14/h1-4,15,17H,5-7,14H2. The fraction of sp³-hybridized carbons (Fsp3) is 0.400. The number of anilines is 1. The van der Waals surface area contributed by atoms with E-state index in [-0.39, 0.29) is 14.9 Å². The van der Waals surface area contributed by atoms with Gasteiger partial charge >= 0.3 is 6.18 Å². The van der Waals surface area contributed by atoms with E-state index in [1.165, 1.54) is 18.2 Å². The first-order valence-electron chi connectivity index (χ1n) is 5.46. The van der Waals surface area contributed by atoms with Crippen LogP contribution in [0.15, 0.2) is 29.2 Å². The molecule has 0 aromatic heterocycles. The molecule has 0 saturated heterocycles. The summed E-state index contributed by atoms with van der Waals surface area (Å²) in [7, 11) is -4.43. The molecule has 10 heteroatoms. The summed E-state index contributed by atoms with van der Waals surface area (Å²) < 4.78 is 61.8. The number of hydrogen-bond acceptors (Lipinski definition) is 5. The second-order valence-corrected chi connectivity index (χ2v) is 5.72. The van der Waals surface area contributed by atoms with Gasteiger partial charge in [-0.15, -0.1) is 0 Å². The van der Waals surface area contributed by atoms with E-state index in [2.05, 4.69) is 5.43 Å². The maximum atomic E-state index is 12.4.